The number of carbonyl (C=O) groups is 5. The molecule has 0 bridgehead atoms. The molecule has 1 atom stereocenters. The molecule has 4 aliphatic heterocycles. The largest absolute Gasteiger partial charge is 0.371 e. The van der Waals surface area contributed by atoms with Crippen molar-refractivity contribution < 1.29 is 24.0 Å². The lowest BCUT2D eigenvalue weighted by atomic mass is 9.95. The van der Waals surface area contributed by atoms with E-state index in [2.05, 4.69) is 15.2 Å². The van der Waals surface area contributed by atoms with E-state index in [1.165, 1.54) is 0 Å². The van der Waals surface area contributed by atoms with Crippen molar-refractivity contribution in [2.45, 2.75) is 38.1 Å². The number of hydrogen-bond acceptors (Lipinski definition) is 7. The normalized spacial score (nSPS) is 22.5. The molecule has 1 aromatic heterocycles. The number of fused-ring (bicyclic) bond motifs is 1. The summed E-state index contributed by atoms with van der Waals surface area (Å²) in [6.07, 6.45) is 4.63. The number of rotatable bonds is 5. The second-order valence-corrected chi connectivity index (χ2v) is 10.5. The number of urea groups is 1. The van der Waals surface area contributed by atoms with Crippen molar-refractivity contribution in [2.24, 2.45) is 5.92 Å². The minimum Gasteiger partial charge on any atom is -0.371 e. The zero-order chi connectivity index (χ0) is 27.1. The van der Waals surface area contributed by atoms with E-state index in [1.54, 1.807) is 23.2 Å². The highest BCUT2D eigenvalue weighted by Crippen LogP contribution is 2.32. The molecule has 4 aliphatic rings. The molecule has 39 heavy (non-hydrogen) atoms. The molecule has 5 heterocycles. The maximum absolute atomic E-state index is 13.2. The highest BCUT2D eigenvalue weighted by Gasteiger charge is 2.44. The Morgan fingerprint density at radius 2 is 1.67 bits per heavy atom. The molecule has 202 valence electrons. The number of anilines is 2. The van der Waals surface area contributed by atoms with Crippen molar-refractivity contribution >= 4 is 41.2 Å². The fraction of sp³-hybridized carbons (Fsp3) is 0.429. The summed E-state index contributed by atoms with van der Waals surface area (Å²) in [6.45, 7) is 3.66. The molecule has 3 fully saturated rings. The summed E-state index contributed by atoms with van der Waals surface area (Å²) < 4.78 is 0. The summed E-state index contributed by atoms with van der Waals surface area (Å²) >= 11 is 0. The van der Waals surface area contributed by atoms with Crippen LogP contribution in [0.5, 0.6) is 0 Å². The van der Waals surface area contributed by atoms with Gasteiger partial charge >= 0.3 is 6.03 Å². The third-order valence-electron chi connectivity index (χ3n) is 8.12. The van der Waals surface area contributed by atoms with Crippen molar-refractivity contribution in [1.29, 1.82) is 0 Å². The Morgan fingerprint density at radius 3 is 2.41 bits per heavy atom. The molecule has 1 aromatic carbocycles. The molecule has 0 saturated carbocycles. The van der Waals surface area contributed by atoms with Gasteiger partial charge in [0.25, 0.3) is 11.8 Å². The van der Waals surface area contributed by atoms with Gasteiger partial charge in [0.2, 0.25) is 11.8 Å². The molecule has 6 rings (SSSR count). The Hall–Kier alpha value is -4.28. The van der Waals surface area contributed by atoms with Crippen LogP contribution in [-0.4, -0.2) is 83.2 Å². The number of pyridine rings is 1. The Morgan fingerprint density at radius 1 is 0.872 bits per heavy atom. The molecule has 11 heteroatoms. The van der Waals surface area contributed by atoms with E-state index >= 15 is 0 Å². The first kappa shape index (κ1) is 25.0. The Labute approximate surface area is 225 Å². The molecule has 0 radical (unpaired) electrons. The third-order valence-corrected chi connectivity index (χ3v) is 8.12. The standard InChI is InChI=1S/C28H30N6O5/c35-24-8-7-22(25(36)30-24)34-26(37)20-6-5-19(16-21(20)27(34)38)31-14-9-18(10-15-31)17-32-12-3-13-33(28(32)39)23-4-1-2-11-29-23/h1-2,4-6,11,16,18,22H,3,7-10,12-15,17H2,(H,30,35,36). The first-order chi connectivity index (χ1) is 18.9. The van der Waals surface area contributed by atoms with Gasteiger partial charge in [-0.1, -0.05) is 6.07 Å². The second-order valence-electron chi connectivity index (χ2n) is 10.5. The number of imide groups is 2. The SMILES string of the molecule is O=C1CCC(N2C(=O)c3ccc(N4CCC(CN5CCCN(c6ccccn6)C5=O)CC4)cc3C2=O)C(=O)N1. The summed E-state index contributed by atoms with van der Waals surface area (Å²) in [5.74, 6) is -0.951. The van der Waals surface area contributed by atoms with E-state index < -0.39 is 29.7 Å². The van der Waals surface area contributed by atoms with E-state index in [0.29, 0.717) is 24.8 Å². The van der Waals surface area contributed by atoms with E-state index in [1.807, 2.05) is 29.2 Å². The Bertz CT molecular complexity index is 1340. The number of benzene rings is 1. The van der Waals surface area contributed by atoms with Crippen LogP contribution in [0.15, 0.2) is 42.6 Å². The van der Waals surface area contributed by atoms with Crippen LogP contribution < -0.4 is 15.1 Å². The zero-order valence-electron chi connectivity index (χ0n) is 21.5. The minimum atomic E-state index is -0.972. The fourth-order valence-corrected chi connectivity index (χ4v) is 6.02. The number of nitrogens with one attached hydrogen (secondary N) is 1. The number of aromatic nitrogens is 1. The van der Waals surface area contributed by atoms with Gasteiger partial charge in [0.15, 0.2) is 0 Å². The van der Waals surface area contributed by atoms with Crippen LogP contribution in [0.25, 0.3) is 0 Å². The van der Waals surface area contributed by atoms with Crippen LogP contribution in [0.4, 0.5) is 16.3 Å². The first-order valence-corrected chi connectivity index (χ1v) is 13.5. The van der Waals surface area contributed by atoms with E-state index in [-0.39, 0.29) is 30.0 Å². The van der Waals surface area contributed by atoms with Crippen molar-refractivity contribution in [3.63, 3.8) is 0 Å². The summed E-state index contributed by atoms with van der Waals surface area (Å²) in [5, 5.41) is 2.22. The van der Waals surface area contributed by atoms with Gasteiger partial charge in [0, 0.05) is 51.0 Å². The molecule has 3 saturated heterocycles. The first-order valence-electron chi connectivity index (χ1n) is 13.5. The zero-order valence-corrected chi connectivity index (χ0v) is 21.5. The predicted octanol–water partition coefficient (Wildman–Crippen LogP) is 2.03. The van der Waals surface area contributed by atoms with E-state index in [0.717, 1.165) is 49.5 Å². The summed E-state index contributed by atoms with van der Waals surface area (Å²) in [4.78, 5) is 74.3. The lowest BCUT2D eigenvalue weighted by Gasteiger charge is -2.39. The predicted molar refractivity (Wildman–Crippen MR) is 141 cm³/mol. The third kappa shape index (κ3) is 4.62. The maximum atomic E-state index is 13.2. The molecule has 2 aromatic rings. The molecule has 11 nitrogen and oxygen atoms in total. The molecule has 6 amide bonds. The minimum absolute atomic E-state index is 0.00440. The van der Waals surface area contributed by atoms with Crippen LogP contribution in [0.2, 0.25) is 0 Å². The Balaban J connectivity index is 1.08. The average molecular weight is 531 g/mol. The monoisotopic (exact) mass is 530 g/mol. The second kappa shape index (κ2) is 10.1. The number of amides is 6. The molecule has 1 unspecified atom stereocenters. The molecule has 0 aliphatic carbocycles. The van der Waals surface area contributed by atoms with Gasteiger partial charge in [-0.05, 0) is 61.9 Å². The smallest absolute Gasteiger partial charge is 0.325 e. The van der Waals surface area contributed by atoms with Crippen LogP contribution in [0.3, 0.4) is 0 Å². The van der Waals surface area contributed by atoms with Crippen LogP contribution in [0.1, 0.15) is 52.8 Å². The van der Waals surface area contributed by atoms with Gasteiger partial charge in [-0.3, -0.25) is 34.3 Å². The summed E-state index contributed by atoms with van der Waals surface area (Å²) in [7, 11) is 0. The van der Waals surface area contributed by atoms with Gasteiger partial charge in [-0.25, -0.2) is 9.78 Å². The number of nitrogens with zero attached hydrogens (tertiary/aromatic N) is 5. The maximum Gasteiger partial charge on any atom is 0.325 e. The van der Waals surface area contributed by atoms with Crippen molar-refractivity contribution in [2.75, 3.05) is 42.5 Å². The lowest BCUT2D eigenvalue weighted by molar-refractivity contribution is -0.136. The Kier molecular flexibility index (Phi) is 6.49. The van der Waals surface area contributed by atoms with Crippen LogP contribution >= 0.6 is 0 Å². The number of piperidine rings is 2. The van der Waals surface area contributed by atoms with E-state index in [4.69, 9.17) is 0 Å². The van der Waals surface area contributed by atoms with E-state index in [9.17, 15) is 24.0 Å². The average Bonchev–Trinajstić information content (AvgIpc) is 3.20. The molecular weight excluding hydrogens is 500 g/mol. The van der Waals surface area contributed by atoms with Gasteiger partial charge in [-0.15, -0.1) is 0 Å². The quantitative estimate of drug-likeness (QED) is 0.587. The lowest BCUT2D eigenvalue weighted by Crippen LogP contribution is -2.54. The van der Waals surface area contributed by atoms with Crippen LogP contribution in [-0.2, 0) is 9.59 Å². The fourth-order valence-electron chi connectivity index (χ4n) is 6.02. The summed E-state index contributed by atoms with van der Waals surface area (Å²) in [5.41, 5.74) is 1.43. The van der Waals surface area contributed by atoms with Gasteiger partial charge in [0.05, 0.1) is 11.1 Å². The number of hydrogen-bond donors (Lipinski definition) is 1. The van der Waals surface area contributed by atoms with Crippen LogP contribution in [0, 0.1) is 5.92 Å². The molecule has 0 spiro atoms. The topological polar surface area (TPSA) is 123 Å². The van der Waals surface area contributed by atoms with Gasteiger partial charge in [-0.2, -0.15) is 0 Å². The van der Waals surface area contributed by atoms with Crippen molar-refractivity contribution in [1.82, 2.24) is 20.1 Å². The molecular formula is C28H30N6O5. The van der Waals surface area contributed by atoms with Gasteiger partial charge in [0.1, 0.15) is 11.9 Å². The summed E-state index contributed by atoms with van der Waals surface area (Å²) in [6, 6.07) is 9.86. The van der Waals surface area contributed by atoms with Gasteiger partial charge < -0.3 is 9.80 Å². The highest BCUT2D eigenvalue weighted by molar-refractivity contribution is 6.23. The van der Waals surface area contributed by atoms with Crippen molar-refractivity contribution in [3.05, 3.63) is 53.7 Å². The molecule has 1 N–H and O–H groups in total. The highest BCUT2D eigenvalue weighted by atomic mass is 16.2. The van der Waals surface area contributed by atoms with Crippen molar-refractivity contribution in [3.8, 4) is 0 Å². The number of carbonyl (C=O) groups excluding carboxylic acids is 5.